The van der Waals surface area contributed by atoms with Crippen molar-refractivity contribution in [3.63, 3.8) is 0 Å². The minimum atomic E-state index is -0.713. The summed E-state index contributed by atoms with van der Waals surface area (Å²) in [6.45, 7) is 6.90. The van der Waals surface area contributed by atoms with Crippen molar-refractivity contribution >= 4 is 23.4 Å². The van der Waals surface area contributed by atoms with Crippen molar-refractivity contribution in [2.75, 3.05) is 10.6 Å². The molecule has 162 valence electrons. The van der Waals surface area contributed by atoms with Crippen molar-refractivity contribution in [3.8, 4) is 11.5 Å². The van der Waals surface area contributed by atoms with Crippen LogP contribution in [0.5, 0.6) is 0 Å². The average molecular weight is 425 g/mol. The number of amides is 2. The Bertz CT molecular complexity index is 1090. The summed E-state index contributed by atoms with van der Waals surface area (Å²) >= 11 is 0. The maximum atomic E-state index is 13.8. The first-order valence-electron chi connectivity index (χ1n) is 9.72. The van der Waals surface area contributed by atoms with Crippen molar-refractivity contribution in [2.45, 2.75) is 39.7 Å². The van der Waals surface area contributed by atoms with E-state index in [4.69, 9.17) is 9.15 Å². The van der Waals surface area contributed by atoms with Gasteiger partial charge in [-0.3, -0.25) is 10.1 Å². The summed E-state index contributed by atoms with van der Waals surface area (Å²) in [5.74, 6) is -0.0674. The molecule has 0 saturated heterocycles. The Balaban J connectivity index is 1.73. The van der Waals surface area contributed by atoms with E-state index in [9.17, 15) is 14.0 Å². The Morgan fingerprint density at radius 1 is 1.06 bits per heavy atom. The molecule has 0 fully saturated rings. The number of rotatable bonds is 5. The van der Waals surface area contributed by atoms with Crippen molar-refractivity contribution in [3.05, 3.63) is 65.8 Å². The number of ether oxygens (including phenoxy) is 1. The van der Waals surface area contributed by atoms with Gasteiger partial charge in [0.1, 0.15) is 17.2 Å². The van der Waals surface area contributed by atoms with Crippen LogP contribution < -0.4 is 10.6 Å². The zero-order chi connectivity index (χ0) is 22.6. The number of anilines is 2. The van der Waals surface area contributed by atoms with Crippen LogP contribution in [0.3, 0.4) is 0 Å². The van der Waals surface area contributed by atoms with Gasteiger partial charge in [-0.05, 0) is 58.0 Å². The highest BCUT2D eigenvalue weighted by atomic mass is 19.1. The topological polar surface area (TPSA) is 93.5 Å². The molecule has 3 aromatic rings. The summed E-state index contributed by atoms with van der Waals surface area (Å²) in [5, 5.41) is 5.14. The van der Waals surface area contributed by atoms with Gasteiger partial charge in [-0.15, -0.1) is 0 Å². The van der Waals surface area contributed by atoms with Crippen LogP contribution in [0, 0.1) is 12.7 Å². The van der Waals surface area contributed by atoms with Crippen molar-refractivity contribution in [2.24, 2.45) is 0 Å². The van der Waals surface area contributed by atoms with Crippen molar-refractivity contribution in [1.82, 2.24) is 4.98 Å². The van der Waals surface area contributed by atoms with E-state index in [1.807, 2.05) is 30.3 Å². The number of halogens is 1. The molecule has 0 bridgehead atoms. The summed E-state index contributed by atoms with van der Waals surface area (Å²) in [7, 11) is 0. The molecule has 0 unspecified atom stereocenters. The molecular weight excluding hydrogens is 401 g/mol. The Morgan fingerprint density at radius 3 is 2.45 bits per heavy atom. The van der Waals surface area contributed by atoms with Gasteiger partial charge in [-0.1, -0.05) is 18.2 Å². The summed E-state index contributed by atoms with van der Waals surface area (Å²) in [5.41, 5.74) is 0.890. The lowest BCUT2D eigenvalue weighted by atomic mass is 10.2. The van der Waals surface area contributed by atoms with Gasteiger partial charge in [-0.25, -0.2) is 14.2 Å². The molecule has 0 saturated carbocycles. The van der Waals surface area contributed by atoms with Crippen LogP contribution in [0.15, 0.2) is 52.9 Å². The maximum Gasteiger partial charge on any atom is 0.412 e. The third-order valence-electron chi connectivity index (χ3n) is 4.13. The summed E-state index contributed by atoms with van der Waals surface area (Å²) in [6, 6.07) is 13.0. The monoisotopic (exact) mass is 425 g/mol. The van der Waals surface area contributed by atoms with Gasteiger partial charge in [0.05, 0.1) is 23.5 Å². The lowest BCUT2D eigenvalue weighted by Gasteiger charge is -2.20. The number of benzene rings is 2. The second-order valence-electron chi connectivity index (χ2n) is 7.93. The predicted molar refractivity (Wildman–Crippen MR) is 115 cm³/mol. The fraction of sp³-hybridized carbons (Fsp3) is 0.261. The third kappa shape index (κ3) is 6.15. The average Bonchev–Trinajstić information content (AvgIpc) is 3.03. The molecule has 31 heavy (non-hydrogen) atoms. The van der Waals surface area contributed by atoms with Crippen LogP contribution in [0.4, 0.5) is 20.6 Å². The van der Waals surface area contributed by atoms with E-state index < -0.39 is 23.4 Å². The SMILES string of the molecule is Cc1oc(-c2ccccc2)nc1CC(=O)Nc1cc(F)ccc1NC(=O)OC(C)(C)C. The number of nitrogens with one attached hydrogen (secondary N) is 2. The summed E-state index contributed by atoms with van der Waals surface area (Å²) < 4.78 is 24.6. The fourth-order valence-corrected chi connectivity index (χ4v) is 2.79. The molecule has 2 aromatic carbocycles. The minimum Gasteiger partial charge on any atom is -0.444 e. The molecule has 0 aliphatic carbocycles. The maximum absolute atomic E-state index is 13.8. The molecule has 8 heteroatoms. The Morgan fingerprint density at radius 2 is 1.77 bits per heavy atom. The molecule has 0 aliphatic heterocycles. The highest BCUT2D eigenvalue weighted by molar-refractivity contribution is 5.98. The molecule has 7 nitrogen and oxygen atoms in total. The molecule has 1 aromatic heterocycles. The van der Waals surface area contributed by atoms with E-state index in [0.717, 1.165) is 11.6 Å². The Kier molecular flexibility index (Phi) is 6.39. The predicted octanol–water partition coefficient (Wildman–Crippen LogP) is 5.32. The number of hydrogen-bond acceptors (Lipinski definition) is 5. The molecule has 0 radical (unpaired) electrons. The lowest BCUT2D eigenvalue weighted by molar-refractivity contribution is -0.115. The van der Waals surface area contributed by atoms with Crippen molar-refractivity contribution in [1.29, 1.82) is 0 Å². The van der Waals surface area contributed by atoms with Crippen LogP contribution in [0.25, 0.3) is 11.5 Å². The van der Waals surface area contributed by atoms with Gasteiger partial charge in [0.2, 0.25) is 11.8 Å². The number of hydrogen-bond donors (Lipinski definition) is 2. The van der Waals surface area contributed by atoms with Gasteiger partial charge in [-0.2, -0.15) is 0 Å². The Hall–Kier alpha value is -3.68. The molecule has 0 aliphatic rings. The molecular formula is C23H24FN3O4. The van der Waals surface area contributed by atoms with Crippen LogP contribution in [0.2, 0.25) is 0 Å². The Labute approximate surface area is 179 Å². The van der Waals surface area contributed by atoms with Gasteiger partial charge in [0.25, 0.3) is 0 Å². The summed E-state index contributed by atoms with van der Waals surface area (Å²) in [6.07, 6.45) is -0.792. The van der Waals surface area contributed by atoms with Gasteiger partial charge in [0, 0.05) is 5.56 Å². The number of carbonyl (C=O) groups is 2. The highest BCUT2D eigenvalue weighted by Crippen LogP contribution is 2.25. The van der Waals surface area contributed by atoms with E-state index in [1.165, 1.54) is 12.1 Å². The van der Waals surface area contributed by atoms with E-state index in [1.54, 1.807) is 27.7 Å². The first-order chi connectivity index (χ1) is 14.6. The van der Waals surface area contributed by atoms with Gasteiger partial charge < -0.3 is 14.5 Å². The quantitative estimate of drug-likeness (QED) is 0.577. The zero-order valence-corrected chi connectivity index (χ0v) is 17.8. The number of oxazole rings is 1. The van der Waals surface area contributed by atoms with Gasteiger partial charge in [0.15, 0.2) is 0 Å². The molecule has 0 atom stereocenters. The fourth-order valence-electron chi connectivity index (χ4n) is 2.79. The van der Waals surface area contributed by atoms with Crippen molar-refractivity contribution < 1.29 is 23.1 Å². The number of carbonyl (C=O) groups excluding carboxylic acids is 2. The van der Waals surface area contributed by atoms with E-state index in [2.05, 4.69) is 15.6 Å². The zero-order valence-electron chi connectivity index (χ0n) is 17.8. The first-order valence-corrected chi connectivity index (χ1v) is 9.72. The normalized spacial score (nSPS) is 11.1. The van der Waals surface area contributed by atoms with Crippen LogP contribution in [-0.4, -0.2) is 22.6 Å². The highest BCUT2D eigenvalue weighted by Gasteiger charge is 2.19. The molecule has 0 spiro atoms. The molecule has 2 amide bonds. The van der Waals surface area contributed by atoms with E-state index >= 15 is 0 Å². The van der Waals surface area contributed by atoms with Crippen LogP contribution in [0.1, 0.15) is 32.2 Å². The third-order valence-corrected chi connectivity index (χ3v) is 4.13. The molecule has 3 rings (SSSR count). The minimum absolute atomic E-state index is 0.0788. The lowest BCUT2D eigenvalue weighted by Crippen LogP contribution is -2.27. The smallest absolute Gasteiger partial charge is 0.412 e. The molecule has 2 N–H and O–H groups in total. The first kappa shape index (κ1) is 22.0. The van der Waals surface area contributed by atoms with Crippen LogP contribution >= 0.6 is 0 Å². The second kappa shape index (κ2) is 8.99. The summed E-state index contributed by atoms with van der Waals surface area (Å²) in [4.78, 5) is 29.1. The molecule has 1 heterocycles. The van der Waals surface area contributed by atoms with Crippen LogP contribution in [-0.2, 0) is 16.0 Å². The second-order valence-corrected chi connectivity index (χ2v) is 7.93. The number of aromatic nitrogens is 1. The van der Waals surface area contributed by atoms with Gasteiger partial charge >= 0.3 is 6.09 Å². The number of aryl methyl sites for hydroxylation is 1. The number of nitrogens with zero attached hydrogens (tertiary/aromatic N) is 1. The van der Waals surface area contributed by atoms with E-state index in [-0.39, 0.29) is 17.8 Å². The van der Waals surface area contributed by atoms with E-state index in [0.29, 0.717) is 17.3 Å². The largest absolute Gasteiger partial charge is 0.444 e. The standard InChI is InChI=1S/C23H24FN3O4/c1-14-18(26-21(30-14)15-8-6-5-7-9-15)13-20(28)25-19-12-16(24)10-11-17(19)27-22(29)31-23(2,3)4/h5-12H,13H2,1-4H3,(H,25,28)(H,27,29).